The number of nitrogens with zero attached hydrogens (tertiary/aromatic N) is 2. The van der Waals surface area contributed by atoms with Crippen molar-refractivity contribution in [3.63, 3.8) is 0 Å². The van der Waals surface area contributed by atoms with E-state index in [2.05, 4.69) is 20.9 Å². The van der Waals surface area contributed by atoms with Crippen molar-refractivity contribution in [1.29, 1.82) is 0 Å². The topological polar surface area (TPSA) is 60.9 Å². The van der Waals surface area contributed by atoms with Gasteiger partial charge >= 0.3 is 0 Å². The molecule has 1 aromatic carbocycles. The van der Waals surface area contributed by atoms with Gasteiger partial charge in [-0.15, -0.1) is 0 Å². The first-order valence-corrected chi connectivity index (χ1v) is 6.42. The number of halogens is 2. The van der Waals surface area contributed by atoms with Gasteiger partial charge in [0.15, 0.2) is 0 Å². The zero-order chi connectivity index (χ0) is 13.3. The molecule has 0 aliphatic carbocycles. The molecule has 2 N–H and O–H groups in total. The van der Waals surface area contributed by atoms with E-state index in [1.807, 2.05) is 6.07 Å². The lowest BCUT2D eigenvalue weighted by atomic mass is 10.2. The number of benzene rings is 1. The average Bonchev–Trinajstić information content (AvgIpc) is 2.32. The van der Waals surface area contributed by atoms with Gasteiger partial charge in [-0.3, -0.25) is 9.36 Å². The number of hydrogen-bond donors (Lipinski definition) is 1. The van der Waals surface area contributed by atoms with Crippen LogP contribution < -0.4 is 11.3 Å². The summed E-state index contributed by atoms with van der Waals surface area (Å²) in [5.74, 6) is 0.637. The van der Waals surface area contributed by atoms with Crippen LogP contribution in [0.1, 0.15) is 11.4 Å². The van der Waals surface area contributed by atoms with Gasteiger partial charge in [0.25, 0.3) is 5.56 Å². The highest BCUT2D eigenvalue weighted by atomic mass is 79.9. The summed E-state index contributed by atoms with van der Waals surface area (Å²) < 4.78 is 1.99. The SMILES string of the molecule is Cc1ncc(Br)c(=O)n1Cc1ccc(Cl)cc1N. The molecule has 0 bridgehead atoms. The first-order valence-electron chi connectivity index (χ1n) is 5.25. The van der Waals surface area contributed by atoms with Gasteiger partial charge in [-0.1, -0.05) is 17.7 Å². The second-order valence-electron chi connectivity index (χ2n) is 3.89. The minimum atomic E-state index is -0.128. The highest BCUT2D eigenvalue weighted by molar-refractivity contribution is 9.10. The number of aromatic nitrogens is 2. The minimum Gasteiger partial charge on any atom is -0.398 e. The largest absolute Gasteiger partial charge is 0.398 e. The predicted molar refractivity (Wildman–Crippen MR) is 75.9 cm³/mol. The van der Waals surface area contributed by atoms with Crippen LogP contribution >= 0.6 is 27.5 Å². The van der Waals surface area contributed by atoms with E-state index in [0.29, 0.717) is 27.6 Å². The lowest BCUT2D eigenvalue weighted by molar-refractivity contribution is 0.696. The molecule has 0 radical (unpaired) electrons. The van der Waals surface area contributed by atoms with Crippen LogP contribution in [0.3, 0.4) is 0 Å². The Balaban J connectivity index is 2.46. The zero-order valence-electron chi connectivity index (χ0n) is 9.65. The molecule has 0 saturated heterocycles. The highest BCUT2D eigenvalue weighted by Gasteiger charge is 2.08. The fraction of sp³-hybridized carbons (Fsp3) is 0.167. The summed E-state index contributed by atoms with van der Waals surface area (Å²) >= 11 is 9.01. The van der Waals surface area contributed by atoms with Crippen molar-refractivity contribution in [2.24, 2.45) is 0 Å². The lowest BCUT2D eigenvalue weighted by Crippen LogP contribution is -2.24. The zero-order valence-corrected chi connectivity index (χ0v) is 12.0. The maximum absolute atomic E-state index is 12.0. The molecule has 0 atom stereocenters. The number of hydrogen-bond acceptors (Lipinski definition) is 3. The van der Waals surface area contributed by atoms with Crippen LogP contribution in [0.5, 0.6) is 0 Å². The van der Waals surface area contributed by atoms with Crippen molar-refractivity contribution >= 4 is 33.2 Å². The Kier molecular flexibility index (Phi) is 3.73. The van der Waals surface area contributed by atoms with Crippen LogP contribution in [-0.4, -0.2) is 9.55 Å². The predicted octanol–water partition coefficient (Wildman–Crippen LogP) is 2.60. The summed E-state index contributed by atoms with van der Waals surface area (Å²) in [4.78, 5) is 16.1. The standard InChI is InChI=1S/C12H11BrClN3O/c1-7-16-5-10(13)12(18)17(7)6-8-2-3-9(14)4-11(8)15/h2-5H,6,15H2,1H3. The van der Waals surface area contributed by atoms with Crippen molar-refractivity contribution in [3.8, 4) is 0 Å². The van der Waals surface area contributed by atoms with Gasteiger partial charge in [0.2, 0.25) is 0 Å². The number of nitrogen functional groups attached to an aromatic ring is 1. The highest BCUT2D eigenvalue weighted by Crippen LogP contribution is 2.19. The van der Waals surface area contributed by atoms with Gasteiger partial charge in [-0.25, -0.2) is 4.98 Å². The van der Waals surface area contributed by atoms with E-state index in [-0.39, 0.29) is 5.56 Å². The van der Waals surface area contributed by atoms with Gasteiger partial charge < -0.3 is 5.73 Å². The van der Waals surface area contributed by atoms with Gasteiger partial charge in [-0.05, 0) is 40.5 Å². The molecular weight excluding hydrogens is 318 g/mol. The van der Waals surface area contributed by atoms with Gasteiger partial charge in [-0.2, -0.15) is 0 Å². The number of aryl methyl sites for hydroxylation is 1. The second-order valence-corrected chi connectivity index (χ2v) is 5.18. The van der Waals surface area contributed by atoms with Gasteiger partial charge in [0.1, 0.15) is 10.3 Å². The molecule has 0 fully saturated rings. The summed E-state index contributed by atoms with van der Waals surface area (Å²) in [5.41, 5.74) is 7.15. The summed E-state index contributed by atoms with van der Waals surface area (Å²) in [7, 11) is 0. The maximum atomic E-state index is 12.0. The number of anilines is 1. The van der Waals surface area contributed by atoms with Gasteiger partial charge in [0, 0.05) is 16.9 Å². The van der Waals surface area contributed by atoms with Crippen molar-refractivity contribution in [2.75, 3.05) is 5.73 Å². The molecular formula is C12H11BrClN3O. The Hall–Kier alpha value is -1.33. The Morgan fingerprint density at radius 2 is 2.22 bits per heavy atom. The van der Waals surface area contributed by atoms with Crippen LogP contribution in [0.25, 0.3) is 0 Å². The molecule has 1 heterocycles. The van der Waals surface area contributed by atoms with Gasteiger partial charge in [0.05, 0.1) is 6.54 Å². The molecule has 2 aromatic rings. The normalized spacial score (nSPS) is 10.6. The lowest BCUT2D eigenvalue weighted by Gasteiger charge is -2.11. The van der Waals surface area contributed by atoms with Crippen molar-refractivity contribution in [1.82, 2.24) is 9.55 Å². The molecule has 0 amide bonds. The molecule has 4 nitrogen and oxygen atoms in total. The van der Waals surface area contributed by atoms with E-state index in [1.54, 1.807) is 23.6 Å². The van der Waals surface area contributed by atoms with Crippen LogP contribution in [0, 0.1) is 6.92 Å². The molecule has 0 saturated carbocycles. The van der Waals surface area contributed by atoms with Crippen LogP contribution in [0.4, 0.5) is 5.69 Å². The van der Waals surface area contributed by atoms with Crippen molar-refractivity contribution in [3.05, 3.63) is 55.6 Å². The molecule has 18 heavy (non-hydrogen) atoms. The van der Waals surface area contributed by atoms with Crippen LogP contribution in [-0.2, 0) is 6.54 Å². The monoisotopic (exact) mass is 327 g/mol. The third-order valence-electron chi connectivity index (χ3n) is 2.64. The Labute approximate surface area is 118 Å². The molecule has 1 aromatic heterocycles. The maximum Gasteiger partial charge on any atom is 0.268 e. The summed E-state index contributed by atoms with van der Waals surface area (Å²) in [6.07, 6.45) is 1.50. The number of rotatable bonds is 2. The molecule has 0 aliphatic heterocycles. The molecule has 0 unspecified atom stereocenters. The summed E-state index contributed by atoms with van der Waals surface area (Å²) in [6.45, 7) is 2.15. The second kappa shape index (κ2) is 5.12. The fourth-order valence-electron chi connectivity index (χ4n) is 1.62. The quantitative estimate of drug-likeness (QED) is 0.862. The smallest absolute Gasteiger partial charge is 0.268 e. The van der Waals surface area contributed by atoms with Crippen molar-refractivity contribution in [2.45, 2.75) is 13.5 Å². The van der Waals surface area contributed by atoms with E-state index in [9.17, 15) is 4.79 Å². The Bertz CT molecular complexity index is 654. The minimum absolute atomic E-state index is 0.128. The van der Waals surface area contributed by atoms with E-state index < -0.39 is 0 Å². The van der Waals surface area contributed by atoms with E-state index in [4.69, 9.17) is 17.3 Å². The van der Waals surface area contributed by atoms with Crippen LogP contribution in [0.15, 0.2) is 33.7 Å². The fourth-order valence-corrected chi connectivity index (χ4v) is 2.11. The van der Waals surface area contributed by atoms with E-state index in [1.165, 1.54) is 6.20 Å². The third-order valence-corrected chi connectivity index (χ3v) is 3.42. The summed E-state index contributed by atoms with van der Waals surface area (Å²) in [6, 6.07) is 5.23. The molecule has 0 aliphatic rings. The Morgan fingerprint density at radius 3 is 2.89 bits per heavy atom. The van der Waals surface area contributed by atoms with Crippen molar-refractivity contribution < 1.29 is 0 Å². The molecule has 0 spiro atoms. The first kappa shape index (κ1) is 13.1. The third kappa shape index (κ3) is 2.57. The first-order chi connectivity index (χ1) is 8.49. The van der Waals surface area contributed by atoms with E-state index in [0.717, 1.165) is 5.56 Å². The Morgan fingerprint density at radius 1 is 1.50 bits per heavy atom. The average molecular weight is 329 g/mol. The van der Waals surface area contributed by atoms with Crippen LogP contribution in [0.2, 0.25) is 5.02 Å². The number of nitrogens with two attached hydrogens (primary N) is 1. The molecule has 2 rings (SSSR count). The molecule has 6 heteroatoms. The van der Waals surface area contributed by atoms with E-state index >= 15 is 0 Å². The molecule has 94 valence electrons. The summed E-state index contributed by atoms with van der Waals surface area (Å²) in [5, 5.41) is 0.577.